The van der Waals surface area contributed by atoms with E-state index < -0.39 is 10.0 Å². The van der Waals surface area contributed by atoms with Crippen LogP contribution >= 0.6 is 27.5 Å². The third-order valence-electron chi connectivity index (χ3n) is 2.43. The van der Waals surface area contributed by atoms with Gasteiger partial charge in [-0.15, -0.1) is 0 Å². The first-order valence-electron chi connectivity index (χ1n) is 5.63. The van der Waals surface area contributed by atoms with Gasteiger partial charge in [0.25, 0.3) is 10.0 Å². The van der Waals surface area contributed by atoms with Crippen LogP contribution in [-0.2, 0) is 16.6 Å². The second-order valence-electron chi connectivity index (χ2n) is 3.98. The molecule has 0 amide bonds. The minimum absolute atomic E-state index is 0.135. The van der Waals surface area contributed by atoms with E-state index in [0.29, 0.717) is 27.5 Å². The predicted molar refractivity (Wildman–Crippen MR) is 81.4 cm³/mol. The van der Waals surface area contributed by atoms with Gasteiger partial charge in [0.1, 0.15) is 5.76 Å². The molecule has 0 fully saturated rings. The third kappa shape index (κ3) is 3.54. The first-order valence-corrected chi connectivity index (χ1v) is 8.29. The Bertz CT molecular complexity index is 715. The highest BCUT2D eigenvalue weighted by Gasteiger charge is 2.20. The number of hydrogen-bond acceptors (Lipinski definition) is 4. The zero-order valence-electron chi connectivity index (χ0n) is 10.5. The van der Waals surface area contributed by atoms with Crippen LogP contribution in [-0.4, -0.2) is 15.5 Å². The molecule has 108 valence electrons. The molecule has 0 saturated heterocycles. The zero-order valence-corrected chi connectivity index (χ0v) is 13.6. The molecule has 2 aromatic rings. The molecule has 1 heterocycles. The number of rotatable bonds is 5. The molecule has 20 heavy (non-hydrogen) atoms. The summed E-state index contributed by atoms with van der Waals surface area (Å²) in [7, 11) is -2.01. The number of nitrogens with one attached hydrogen (secondary N) is 2. The number of hydrogen-bond donors (Lipinski definition) is 2. The van der Waals surface area contributed by atoms with E-state index in [2.05, 4.69) is 26.0 Å². The zero-order chi connectivity index (χ0) is 14.8. The highest BCUT2D eigenvalue weighted by atomic mass is 79.9. The fourth-order valence-electron chi connectivity index (χ4n) is 1.54. The standard InChI is InChI=1S/C12H12BrClN2O3S/c1-15-7-9-3-5-12(19-9)20(17,18)16-11-4-2-8(14)6-10(11)13/h2-6,15-16H,7H2,1H3. The van der Waals surface area contributed by atoms with E-state index in [1.54, 1.807) is 31.3 Å². The molecule has 0 atom stereocenters. The lowest BCUT2D eigenvalue weighted by molar-refractivity contribution is 0.408. The Balaban J connectivity index is 2.26. The molecule has 8 heteroatoms. The Morgan fingerprint density at radius 2 is 2.05 bits per heavy atom. The second kappa shape index (κ2) is 6.17. The molecule has 0 aliphatic rings. The number of benzene rings is 1. The highest BCUT2D eigenvalue weighted by Crippen LogP contribution is 2.28. The van der Waals surface area contributed by atoms with Crippen LogP contribution in [0.3, 0.4) is 0 Å². The van der Waals surface area contributed by atoms with Crippen molar-refractivity contribution in [3.63, 3.8) is 0 Å². The van der Waals surface area contributed by atoms with Crippen molar-refractivity contribution >= 4 is 43.2 Å². The minimum atomic E-state index is -3.76. The Labute approximate surface area is 130 Å². The van der Waals surface area contributed by atoms with Crippen LogP contribution in [0.4, 0.5) is 5.69 Å². The maximum Gasteiger partial charge on any atom is 0.295 e. The van der Waals surface area contributed by atoms with Crippen molar-refractivity contribution in [2.75, 3.05) is 11.8 Å². The molecule has 0 radical (unpaired) electrons. The van der Waals surface area contributed by atoms with Gasteiger partial charge >= 0.3 is 0 Å². The quantitative estimate of drug-likeness (QED) is 0.837. The molecule has 1 aromatic heterocycles. The van der Waals surface area contributed by atoms with E-state index in [-0.39, 0.29) is 5.09 Å². The molecule has 0 saturated carbocycles. The Hall–Kier alpha value is -1.02. The van der Waals surface area contributed by atoms with Crippen molar-refractivity contribution in [2.45, 2.75) is 11.6 Å². The molecular formula is C12H12BrClN2O3S. The summed E-state index contributed by atoms with van der Waals surface area (Å²) in [6.07, 6.45) is 0. The number of sulfonamides is 1. The summed E-state index contributed by atoms with van der Waals surface area (Å²) in [5, 5.41) is 3.26. The normalized spacial score (nSPS) is 11.6. The monoisotopic (exact) mass is 378 g/mol. The highest BCUT2D eigenvalue weighted by molar-refractivity contribution is 9.10. The van der Waals surface area contributed by atoms with Gasteiger partial charge in [0.15, 0.2) is 0 Å². The Morgan fingerprint density at radius 1 is 1.30 bits per heavy atom. The van der Waals surface area contributed by atoms with Crippen molar-refractivity contribution < 1.29 is 12.8 Å². The van der Waals surface area contributed by atoms with Crippen LogP contribution in [0.5, 0.6) is 0 Å². The summed E-state index contributed by atoms with van der Waals surface area (Å²) in [5.41, 5.74) is 0.390. The van der Waals surface area contributed by atoms with Crippen molar-refractivity contribution in [1.29, 1.82) is 0 Å². The molecule has 5 nitrogen and oxygen atoms in total. The minimum Gasteiger partial charge on any atom is -0.446 e. The molecular weight excluding hydrogens is 368 g/mol. The largest absolute Gasteiger partial charge is 0.446 e. The van der Waals surface area contributed by atoms with Gasteiger partial charge in [-0.05, 0) is 53.3 Å². The second-order valence-corrected chi connectivity index (χ2v) is 6.88. The molecule has 0 aliphatic carbocycles. The molecule has 0 aliphatic heterocycles. The van der Waals surface area contributed by atoms with E-state index >= 15 is 0 Å². The lowest BCUT2D eigenvalue weighted by atomic mass is 10.3. The first kappa shape index (κ1) is 15.4. The fraction of sp³-hybridized carbons (Fsp3) is 0.167. The summed E-state index contributed by atoms with van der Waals surface area (Å²) >= 11 is 9.06. The van der Waals surface area contributed by atoms with Crippen molar-refractivity contribution in [1.82, 2.24) is 5.32 Å². The van der Waals surface area contributed by atoms with E-state index in [9.17, 15) is 8.42 Å². The smallest absolute Gasteiger partial charge is 0.295 e. The van der Waals surface area contributed by atoms with E-state index in [1.807, 2.05) is 0 Å². The van der Waals surface area contributed by atoms with Crippen LogP contribution in [0.1, 0.15) is 5.76 Å². The molecule has 0 bridgehead atoms. The Kier molecular flexibility index (Phi) is 4.74. The first-order chi connectivity index (χ1) is 9.42. The molecule has 0 spiro atoms. The van der Waals surface area contributed by atoms with Crippen LogP contribution < -0.4 is 10.0 Å². The number of anilines is 1. The average Bonchev–Trinajstić information content (AvgIpc) is 2.83. The van der Waals surface area contributed by atoms with Crippen molar-refractivity contribution in [3.05, 3.63) is 45.6 Å². The van der Waals surface area contributed by atoms with Crippen molar-refractivity contribution in [3.8, 4) is 0 Å². The predicted octanol–water partition coefficient (Wildman–Crippen LogP) is 3.22. The molecule has 1 aromatic carbocycles. The summed E-state index contributed by atoms with van der Waals surface area (Å²) < 4.78 is 32.6. The lowest BCUT2D eigenvalue weighted by Crippen LogP contribution is -2.12. The Morgan fingerprint density at radius 3 is 2.70 bits per heavy atom. The van der Waals surface area contributed by atoms with E-state index in [1.165, 1.54) is 6.07 Å². The lowest BCUT2D eigenvalue weighted by Gasteiger charge is -2.08. The summed E-state index contributed by atoms with van der Waals surface area (Å²) in [6.45, 7) is 0.458. The SMILES string of the molecule is CNCc1ccc(S(=O)(=O)Nc2ccc(Cl)cc2Br)o1. The maximum absolute atomic E-state index is 12.2. The van der Waals surface area contributed by atoms with Gasteiger partial charge in [0, 0.05) is 9.50 Å². The number of furan rings is 1. The molecule has 0 unspecified atom stereocenters. The van der Waals surface area contributed by atoms with Gasteiger partial charge in [0.05, 0.1) is 12.2 Å². The van der Waals surface area contributed by atoms with Gasteiger partial charge in [0.2, 0.25) is 5.09 Å². The van der Waals surface area contributed by atoms with E-state index in [0.717, 1.165) is 0 Å². The van der Waals surface area contributed by atoms with Crippen LogP contribution in [0.15, 0.2) is 44.3 Å². The fourth-order valence-corrected chi connectivity index (χ4v) is 3.48. The third-order valence-corrected chi connectivity index (χ3v) is 4.56. The average molecular weight is 380 g/mol. The topological polar surface area (TPSA) is 71.3 Å². The summed E-state index contributed by atoms with van der Waals surface area (Å²) in [6, 6.07) is 7.80. The van der Waals surface area contributed by atoms with Gasteiger partial charge in [-0.1, -0.05) is 11.6 Å². The maximum atomic E-state index is 12.2. The molecule has 2 rings (SSSR count). The number of halogens is 2. The van der Waals surface area contributed by atoms with Gasteiger partial charge in [-0.3, -0.25) is 4.72 Å². The van der Waals surface area contributed by atoms with Crippen molar-refractivity contribution in [2.24, 2.45) is 0 Å². The summed E-state index contributed by atoms with van der Waals surface area (Å²) in [5.74, 6) is 0.544. The van der Waals surface area contributed by atoms with Crippen LogP contribution in [0.25, 0.3) is 0 Å². The van der Waals surface area contributed by atoms with Crippen LogP contribution in [0.2, 0.25) is 5.02 Å². The van der Waals surface area contributed by atoms with Gasteiger partial charge in [-0.25, -0.2) is 0 Å². The van der Waals surface area contributed by atoms with Crippen LogP contribution in [0, 0.1) is 0 Å². The van der Waals surface area contributed by atoms with Gasteiger partial charge in [-0.2, -0.15) is 8.42 Å². The van der Waals surface area contributed by atoms with Gasteiger partial charge < -0.3 is 9.73 Å². The molecule has 2 N–H and O–H groups in total. The summed E-state index contributed by atoms with van der Waals surface area (Å²) in [4.78, 5) is 0. The van der Waals surface area contributed by atoms with E-state index in [4.69, 9.17) is 16.0 Å².